The fraction of sp³-hybridized carbons (Fsp3) is 0.407. The van der Waals surface area contributed by atoms with Crippen LogP contribution in [0.4, 0.5) is 35.1 Å². The number of rotatable bonds is 4. The number of alkyl halides is 7. The molecule has 0 N–H and O–H groups in total. The van der Waals surface area contributed by atoms with Crippen LogP contribution in [0, 0.1) is 5.82 Å². The Morgan fingerprint density at radius 3 is 2.12 bits per heavy atom. The number of halogens is 8. The van der Waals surface area contributed by atoms with Crippen LogP contribution in [-0.4, -0.2) is 45.6 Å². The molecule has 1 amide bonds. The summed E-state index contributed by atoms with van der Waals surface area (Å²) in [5.74, 6) is -1.46. The van der Waals surface area contributed by atoms with E-state index in [1.807, 2.05) is 0 Å². The second-order valence-electron chi connectivity index (χ2n) is 10.1. The molecular formula is C27H21F8NO4S. The molecule has 2 aromatic rings. The molecule has 1 heterocycles. The molecule has 5 rings (SSSR count). The molecule has 1 fully saturated rings. The van der Waals surface area contributed by atoms with E-state index >= 15 is 0 Å². The van der Waals surface area contributed by atoms with E-state index in [9.17, 15) is 48.3 Å². The highest BCUT2D eigenvalue weighted by Gasteiger charge is 2.73. The Bertz CT molecular complexity index is 1550. The van der Waals surface area contributed by atoms with Crippen LogP contribution in [0.1, 0.15) is 42.4 Å². The fourth-order valence-electron chi connectivity index (χ4n) is 5.90. The SMILES string of the molecule is O=C(N=C1CCOC1)C1=C2CCc3cc(C(F)(C(F)(F)F)C(F)(F)F)ccc3[C@]2(S(=O)(=O)c2ccc(F)cc2)CC1. The normalized spacial score (nSPS) is 22.7. The Balaban J connectivity index is 1.73. The average Bonchev–Trinajstić information content (AvgIpc) is 3.55. The van der Waals surface area contributed by atoms with E-state index in [-0.39, 0.29) is 65.5 Å². The van der Waals surface area contributed by atoms with E-state index < -0.39 is 49.9 Å². The first-order valence-corrected chi connectivity index (χ1v) is 13.9. The smallest absolute Gasteiger partial charge is 0.375 e. The Labute approximate surface area is 228 Å². The molecule has 0 saturated carbocycles. The predicted molar refractivity (Wildman–Crippen MR) is 129 cm³/mol. The van der Waals surface area contributed by atoms with E-state index in [1.165, 1.54) is 0 Å². The van der Waals surface area contributed by atoms with Gasteiger partial charge in [-0.3, -0.25) is 4.79 Å². The fourth-order valence-corrected chi connectivity index (χ4v) is 8.20. The minimum atomic E-state index is -6.35. The van der Waals surface area contributed by atoms with Gasteiger partial charge in [0.2, 0.25) is 0 Å². The zero-order valence-electron chi connectivity index (χ0n) is 21.0. The third-order valence-corrected chi connectivity index (χ3v) is 10.3. The van der Waals surface area contributed by atoms with E-state index in [0.29, 0.717) is 24.8 Å². The van der Waals surface area contributed by atoms with Gasteiger partial charge >= 0.3 is 18.0 Å². The van der Waals surface area contributed by atoms with E-state index in [0.717, 1.165) is 30.3 Å². The van der Waals surface area contributed by atoms with Gasteiger partial charge in [0.25, 0.3) is 5.91 Å². The second kappa shape index (κ2) is 9.72. The van der Waals surface area contributed by atoms with E-state index in [1.54, 1.807) is 0 Å². The monoisotopic (exact) mass is 607 g/mol. The van der Waals surface area contributed by atoms with Crippen molar-refractivity contribution in [2.75, 3.05) is 13.2 Å². The number of nitrogens with zero attached hydrogens (tertiary/aromatic N) is 1. The summed E-state index contributed by atoms with van der Waals surface area (Å²) in [5.41, 5.74) is -7.23. The summed E-state index contributed by atoms with van der Waals surface area (Å²) in [6, 6.07) is 5.16. The molecule has 1 saturated heterocycles. The molecule has 220 valence electrons. The maximum Gasteiger partial charge on any atom is 0.435 e. The van der Waals surface area contributed by atoms with Gasteiger partial charge in [-0.2, -0.15) is 26.3 Å². The summed E-state index contributed by atoms with van der Waals surface area (Å²) >= 11 is 0. The van der Waals surface area contributed by atoms with Crippen LogP contribution >= 0.6 is 0 Å². The molecular weight excluding hydrogens is 586 g/mol. The number of carbonyl (C=O) groups excluding carboxylic acids is 1. The summed E-state index contributed by atoms with van der Waals surface area (Å²) < 4.78 is 141. The van der Waals surface area contributed by atoms with Gasteiger partial charge in [0.05, 0.1) is 23.8 Å². The summed E-state index contributed by atoms with van der Waals surface area (Å²) in [6.07, 6.45) is -13.2. The Hall–Kier alpha value is -3.13. The summed E-state index contributed by atoms with van der Waals surface area (Å²) in [5, 5.41) is 0. The minimum Gasteiger partial charge on any atom is -0.375 e. The zero-order chi connectivity index (χ0) is 30.0. The maximum atomic E-state index is 14.9. The Morgan fingerprint density at radius 2 is 1.54 bits per heavy atom. The van der Waals surface area contributed by atoms with Crippen molar-refractivity contribution in [3.8, 4) is 0 Å². The number of hydrogen-bond acceptors (Lipinski definition) is 4. The molecule has 0 unspecified atom stereocenters. The van der Waals surface area contributed by atoms with Gasteiger partial charge in [-0.15, -0.1) is 0 Å². The largest absolute Gasteiger partial charge is 0.435 e. The standard InChI is InChI=1S/C27H21F8NO4S/c28-17-3-5-19(6-4-17)41(38,39)24-11-9-20(23(37)36-18-10-12-40-14-18)22(24)7-1-15-13-16(2-8-21(15)24)25(29,26(30,31)32)27(33,34)35/h2-6,8,13H,1,7,9-12,14H2/t24-/m1/s1. The van der Waals surface area contributed by atoms with Crippen molar-refractivity contribution in [2.45, 2.75) is 59.8 Å². The van der Waals surface area contributed by atoms with Gasteiger partial charge in [-0.1, -0.05) is 18.2 Å². The first kappa shape index (κ1) is 29.4. The van der Waals surface area contributed by atoms with Crippen LogP contribution in [-0.2, 0) is 36.2 Å². The number of aryl methyl sites for hydroxylation is 1. The molecule has 0 radical (unpaired) electrons. The highest BCUT2D eigenvalue weighted by atomic mass is 32.2. The predicted octanol–water partition coefficient (Wildman–Crippen LogP) is 6.21. The zero-order valence-corrected chi connectivity index (χ0v) is 21.8. The minimum absolute atomic E-state index is 0.0650. The van der Waals surface area contributed by atoms with Crippen molar-refractivity contribution in [1.29, 1.82) is 0 Å². The lowest BCUT2D eigenvalue weighted by molar-refractivity contribution is -0.348. The topological polar surface area (TPSA) is 72.8 Å². The lowest BCUT2D eigenvalue weighted by Gasteiger charge is -2.39. The lowest BCUT2D eigenvalue weighted by atomic mass is 9.77. The highest BCUT2D eigenvalue weighted by molar-refractivity contribution is 7.92. The number of benzene rings is 2. The first-order valence-electron chi connectivity index (χ1n) is 12.4. The first-order chi connectivity index (χ1) is 19.0. The van der Waals surface area contributed by atoms with E-state index in [4.69, 9.17) is 4.74 Å². The second-order valence-corrected chi connectivity index (χ2v) is 12.2. The summed E-state index contributed by atoms with van der Waals surface area (Å²) in [7, 11) is -4.58. The van der Waals surface area contributed by atoms with Crippen LogP contribution in [0.3, 0.4) is 0 Å². The van der Waals surface area contributed by atoms with Crippen LogP contribution in [0.15, 0.2) is 63.5 Å². The molecule has 14 heteroatoms. The maximum absolute atomic E-state index is 14.9. The number of fused-ring (bicyclic) bond motifs is 3. The van der Waals surface area contributed by atoms with Crippen molar-refractivity contribution < 1.29 is 53.1 Å². The van der Waals surface area contributed by atoms with E-state index in [2.05, 4.69) is 4.99 Å². The van der Waals surface area contributed by atoms with Crippen molar-refractivity contribution in [1.82, 2.24) is 0 Å². The van der Waals surface area contributed by atoms with Crippen molar-refractivity contribution in [2.24, 2.45) is 4.99 Å². The number of ether oxygens (including phenoxy) is 1. The number of hydrogen-bond donors (Lipinski definition) is 0. The Morgan fingerprint density at radius 1 is 0.878 bits per heavy atom. The molecule has 0 aromatic heterocycles. The van der Waals surface area contributed by atoms with Gasteiger partial charge < -0.3 is 4.74 Å². The Kier molecular flexibility index (Phi) is 6.96. The van der Waals surface area contributed by atoms with Gasteiger partial charge in [0, 0.05) is 17.6 Å². The van der Waals surface area contributed by atoms with Crippen LogP contribution in [0.2, 0.25) is 0 Å². The van der Waals surface area contributed by atoms with Crippen molar-refractivity contribution in [3.05, 3.63) is 76.1 Å². The number of aliphatic imine (C=N–C) groups is 1. The molecule has 1 atom stereocenters. The average molecular weight is 608 g/mol. The number of carbonyl (C=O) groups is 1. The third kappa shape index (κ3) is 4.41. The number of sulfone groups is 1. The number of amides is 1. The summed E-state index contributed by atoms with van der Waals surface area (Å²) in [4.78, 5) is 16.9. The molecule has 2 aliphatic carbocycles. The highest BCUT2D eigenvalue weighted by Crippen LogP contribution is 2.58. The third-order valence-electron chi connectivity index (χ3n) is 7.85. The molecule has 1 aliphatic heterocycles. The quantitative estimate of drug-likeness (QED) is 0.306. The molecule has 2 aromatic carbocycles. The van der Waals surface area contributed by atoms with Gasteiger partial charge in [-0.25, -0.2) is 22.2 Å². The van der Waals surface area contributed by atoms with Crippen molar-refractivity contribution in [3.63, 3.8) is 0 Å². The van der Waals surface area contributed by atoms with Gasteiger partial charge in [0.15, 0.2) is 9.84 Å². The van der Waals surface area contributed by atoms with Gasteiger partial charge in [-0.05, 0) is 66.6 Å². The van der Waals surface area contributed by atoms with Crippen LogP contribution in [0.5, 0.6) is 0 Å². The van der Waals surface area contributed by atoms with Crippen LogP contribution < -0.4 is 0 Å². The van der Waals surface area contributed by atoms with Gasteiger partial charge in [0.1, 0.15) is 10.6 Å². The van der Waals surface area contributed by atoms with Crippen molar-refractivity contribution >= 4 is 21.5 Å². The van der Waals surface area contributed by atoms with Crippen LogP contribution in [0.25, 0.3) is 0 Å². The molecule has 0 spiro atoms. The summed E-state index contributed by atoms with van der Waals surface area (Å²) in [6.45, 7) is 0.463. The molecule has 3 aliphatic rings. The molecule has 0 bridgehead atoms. The molecule has 5 nitrogen and oxygen atoms in total. The molecule has 41 heavy (non-hydrogen) atoms. The lowest BCUT2D eigenvalue weighted by Crippen LogP contribution is -2.50.